The van der Waals surface area contributed by atoms with Crippen LogP contribution in [0.2, 0.25) is 0 Å². The van der Waals surface area contributed by atoms with E-state index in [9.17, 15) is 5.11 Å². The van der Waals surface area contributed by atoms with Crippen LogP contribution in [0.25, 0.3) is 0 Å². The molecule has 2 aromatic heterocycles. The summed E-state index contributed by atoms with van der Waals surface area (Å²) >= 11 is 1.23. The maximum atomic E-state index is 10.6. The summed E-state index contributed by atoms with van der Waals surface area (Å²) in [5, 5.41) is 22.6. The summed E-state index contributed by atoms with van der Waals surface area (Å²) in [5.41, 5.74) is 1.37. The molecule has 104 valence electrons. The number of aliphatic hydroxyl groups is 1. The van der Waals surface area contributed by atoms with E-state index in [1.54, 1.807) is 10.9 Å². The van der Waals surface area contributed by atoms with Crippen molar-refractivity contribution in [1.82, 2.24) is 24.6 Å². The second-order valence-corrected chi connectivity index (χ2v) is 6.31. The minimum atomic E-state index is -0.768. The van der Waals surface area contributed by atoms with Gasteiger partial charge in [-0.05, 0) is 18.0 Å². The lowest BCUT2D eigenvalue weighted by Gasteiger charge is -2.19. The van der Waals surface area contributed by atoms with Gasteiger partial charge in [0.1, 0.15) is 6.10 Å². The SMILES string of the molecule is CCCn1nncc1C(O)c1snnc1C(C)(C)C. The van der Waals surface area contributed by atoms with Crippen LogP contribution in [0.1, 0.15) is 56.5 Å². The largest absolute Gasteiger partial charge is 0.381 e. The monoisotopic (exact) mass is 281 g/mol. The molecule has 0 aliphatic rings. The van der Waals surface area contributed by atoms with Crippen molar-refractivity contribution >= 4 is 11.5 Å². The summed E-state index contributed by atoms with van der Waals surface area (Å²) in [5.74, 6) is 0. The third kappa shape index (κ3) is 2.82. The second kappa shape index (κ2) is 5.34. The molecule has 1 atom stereocenters. The zero-order valence-corrected chi connectivity index (χ0v) is 12.5. The van der Waals surface area contributed by atoms with E-state index in [1.807, 2.05) is 0 Å². The lowest BCUT2D eigenvalue weighted by molar-refractivity contribution is 0.208. The van der Waals surface area contributed by atoms with Crippen molar-refractivity contribution in [2.75, 3.05) is 0 Å². The fourth-order valence-electron chi connectivity index (χ4n) is 1.89. The summed E-state index contributed by atoms with van der Waals surface area (Å²) in [6, 6.07) is 0. The maximum Gasteiger partial charge on any atom is 0.135 e. The number of aromatic nitrogens is 5. The molecule has 0 saturated carbocycles. The third-order valence-corrected chi connectivity index (χ3v) is 3.61. The molecule has 0 amide bonds. The van der Waals surface area contributed by atoms with Crippen molar-refractivity contribution in [3.05, 3.63) is 22.5 Å². The quantitative estimate of drug-likeness (QED) is 0.926. The van der Waals surface area contributed by atoms with Gasteiger partial charge in [0.05, 0.1) is 22.5 Å². The predicted molar refractivity (Wildman–Crippen MR) is 73.0 cm³/mol. The van der Waals surface area contributed by atoms with Crippen molar-refractivity contribution in [3.8, 4) is 0 Å². The smallest absolute Gasteiger partial charge is 0.135 e. The van der Waals surface area contributed by atoms with Crippen LogP contribution in [-0.2, 0) is 12.0 Å². The Balaban J connectivity index is 2.37. The molecule has 0 fully saturated rings. The molecule has 0 aromatic carbocycles. The van der Waals surface area contributed by atoms with Crippen molar-refractivity contribution < 1.29 is 5.11 Å². The molecule has 19 heavy (non-hydrogen) atoms. The summed E-state index contributed by atoms with van der Waals surface area (Å²) in [4.78, 5) is 0.771. The molecule has 2 aromatic rings. The molecule has 2 heterocycles. The Kier molecular flexibility index (Phi) is 3.96. The number of aryl methyl sites for hydroxylation is 1. The molecule has 0 radical (unpaired) electrons. The fraction of sp³-hybridized carbons (Fsp3) is 0.667. The van der Waals surface area contributed by atoms with Gasteiger partial charge in [0.2, 0.25) is 0 Å². The lowest BCUT2D eigenvalue weighted by Crippen LogP contribution is -2.17. The number of hydrogen-bond acceptors (Lipinski definition) is 6. The lowest BCUT2D eigenvalue weighted by atomic mass is 9.90. The van der Waals surface area contributed by atoms with Gasteiger partial charge in [0.25, 0.3) is 0 Å². The van der Waals surface area contributed by atoms with Gasteiger partial charge in [-0.15, -0.1) is 10.2 Å². The van der Waals surface area contributed by atoms with Gasteiger partial charge in [-0.25, -0.2) is 4.68 Å². The van der Waals surface area contributed by atoms with E-state index in [4.69, 9.17) is 0 Å². The van der Waals surface area contributed by atoms with Gasteiger partial charge in [-0.1, -0.05) is 37.4 Å². The Morgan fingerprint density at radius 2 is 2.16 bits per heavy atom. The maximum absolute atomic E-state index is 10.6. The van der Waals surface area contributed by atoms with Crippen molar-refractivity contribution in [3.63, 3.8) is 0 Å². The Bertz CT molecular complexity index is 542. The van der Waals surface area contributed by atoms with Crippen LogP contribution in [0.4, 0.5) is 0 Å². The van der Waals surface area contributed by atoms with Gasteiger partial charge in [0.15, 0.2) is 0 Å². The molecule has 6 nitrogen and oxygen atoms in total. The number of rotatable bonds is 4. The predicted octanol–water partition coefficient (Wildman–Crippen LogP) is 1.92. The highest BCUT2D eigenvalue weighted by Gasteiger charge is 2.28. The summed E-state index contributed by atoms with van der Waals surface area (Å²) in [6.45, 7) is 8.97. The molecule has 0 spiro atoms. The average molecular weight is 281 g/mol. The standard InChI is InChI=1S/C12H19N5OS/c1-5-6-17-8(7-13-15-17)9(18)10-11(12(2,3)4)14-16-19-10/h7,9,18H,5-6H2,1-4H3. The molecule has 2 rings (SSSR count). The highest BCUT2D eigenvalue weighted by atomic mass is 32.1. The second-order valence-electron chi connectivity index (χ2n) is 5.52. The Morgan fingerprint density at radius 1 is 1.42 bits per heavy atom. The average Bonchev–Trinajstić information content (AvgIpc) is 2.95. The van der Waals surface area contributed by atoms with Gasteiger partial charge in [-0.2, -0.15) is 0 Å². The van der Waals surface area contributed by atoms with E-state index in [2.05, 4.69) is 47.6 Å². The first-order valence-electron chi connectivity index (χ1n) is 6.34. The van der Waals surface area contributed by atoms with Crippen LogP contribution in [-0.4, -0.2) is 29.7 Å². The zero-order chi connectivity index (χ0) is 14.0. The van der Waals surface area contributed by atoms with Gasteiger partial charge >= 0.3 is 0 Å². The molecule has 0 aliphatic heterocycles. The minimum Gasteiger partial charge on any atom is -0.381 e. The summed E-state index contributed by atoms with van der Waals surface area (Å²) in [6.07, 6.45) is 1.78. The van der Waals surface area contributed by atoms with Gasteiger partial charge in [-0.3, -0.25) is 0 Å². The van der Waals surface area contributed by atoms with E-state index >= 15 is 0 Å². The Morgan fingerprint density at radius 3 is 2.79 bits per heavy atom. The molecule has 0 saturated heterocycles. The van der Waals surface area contributed by atoms with Crippen LogP contribution in [0.5, 0.6) is 0 Å². The third-order valence-electron chi connectivity index (χ3n) is 2.84. The van der Waals surface area contributed by atoms with E-state index in [-0.39, 0.29) is 5.41 Å². The normalized spacial score (nSPS) is 13.7. The first kappa shape index (κ1) is 14.1. The van der Waals surface area contributed by atoms with Crippen LogP contribution in [0.3, 0.4) is 0 Å². The highest BCUT2D eigenvalue weighted by molar-refractivity contribution is 7.05. The fourth-order valence-corrected chi connectivity index (χ4v) is 2.76. The summed E-state index contributed by atoms with van der Waals surface area (Å²) < 4.78 is 5.71. The molecular weight excluding hydrogens is 262 g/mol. The Labute approximate surface area is 116 Å². The van der Waals surface area contributed by atoms with E-state index in [0.29, 0.717) is 5.69 Å². The van der Waals surface area contributed by atoms with Gasteiger partial charge < -0.3 is 5.11 Å². The van der Waals surface area contributed by atoms with Crippen LogP contribution in [0, 0.1) is 0 Å². The molecule has 7 heteroatoms. The first-order valence-corrected chi connectivity index (χ1v) is 7.11. The van der Waals surface area contributed by atoms with E-state index in [0.717, 1.165) is 23.5 Å². The van der Waals surface area contributed by atoms with Crippen molar-refractivity contribution in [1.29, 1.82) is 0 Å². The zero-order valence-electron chi connectivity index (χ0n) is 11.7. The van der Waals surface area contributed by atoms with Gasteiger partial charge in [0, 0.05) is 12.0 Å². The molecular formula is C12H19N5OS. The molecule has 1 N–H and O–H groups in total. The molecule has 0 aliphatic carbocycles. The van der Waals surface area contributed by atoms with E-state index < -0.39 is 6.10 Å². The highest BCUT2D eigenvalue weighted by Crippen LogP contribution is 2.33. The first-order chi connectivity index (χ1) is 8.95. The topological polar surface area (TPSA) is 76.7 Å². The van der Waals surface area contributed by atoms with E-state index in [1.165, 1.54) is 11.5 Å². The number of hydrogen-bond donors (Lipinski definition) is 1. The van der Waals surface area contributed by atoms with Crippen molar-refractivity contribution in [2.24, 2.45) is 0 Å². The minimum absolute atomic E-state index is 0.146. The van der Waals surface area contributed by atoms with Crippen LogP contribution < -0.4 is 0 Å². The van der Waals surface area contributed by atoms with Crippen LogP contribution >= 0.6 is 11.5 Å². The molecule has 0 bridgehead atoms. The van der Waals surface area contributed by atoms with Crippen LogP contribution in [0.15, 0.2) is 6.20 Å². The number of nitrogens with zero attached hydrogens (tertiary/aromatic N) is 5. The summed E-state index contributed by atoms with van der Waals surface area (Å²) in [7, 11) is 0. The molecule has 1 unspecified atom stereocenters. The van der Waals surface area contributed by atoms with Crippen molar-refractivity contribution in [2.45, 2.75) is 52.2 Å². The Hall–Kier alpha value is -1.34. The number of aliphatic hydroxyl groups excluding tert-OH is 1.